The van der Waals surface area contributed by atoms with E-state index in [2.05, 4.69) is 15.4 Å². The Labute approximate surface area is 164 Å². The summed E-state index contributed by atoms with van der Waals surface area (Å²) in [7, 11) is -3.13. The van der Waals surface area contributed by atoms with Gasteiger partial charge in [0.05, 0.1) is 12.5 Å². The van der Waals surface area contributed by atoms with Crippen LogP contribution in [-0.2, 0) is 16.6 Å². The van der Waals surface area contributed by atoms with Crippen molar-refractivity contribution in [2.45, 2.75) is 32.2 Å². The first-order chi connectivity index (χ1) is 13.4. The van der Waals surface area contributed by atoms with E-state index in [0.717, 1.165) is 41.1 Å². The number of anilines is 1. The van der Waals surface area contributed by atoms with E-state index in [1.165, 1.54) is 6.26 Å². The lowest BCUT2D eigenvalue weighted by molar-refractivity contribution is 0.318. The summed E-state index contributed by atoms with van der Waals surface area (Å²) in [6, 6.07) is 5.98. The van der Waals surface area contributed by atoms with Crippen molar-refractivity contribution in [3.05, 3.63) is 53.6 Å². The van der Waals surface area contributed by atoms with Crippen LogP contribution in [0.3, 0.4) is 0 Å². The number of fused-ring (bicyclic) bond motifs is 1. The molecule has 9 heteroatoms. The van der Waals surface area contributed by atoms with E-state index in [0.29, 0.717) is 19.6 Å². The second-order valence-electron chi connectivity index (χ2n) is 7.28. The molecule has 0 unspecified atom stereocenters. The Morgan fingerprint density at radius 1 is 1.25 bits per heavy atom. The maximum absolute atomic E-state index is 11.8. The fourth-order valence-corrected chi connectivity index (χ4v) is 4.48. The minimum Gasteiger partial charge on any atom is -0.366 e. The molecule has 148 valence electrons. The van der Waals surface area contributed by atoms with Gasteiger partial charge >= 0.3 is 0 Å². The summed E-state index contributed by atoms with van der Waals surface area (Å²) in [5.74, 6) is 1.11. The molecule has 4 heterocycles. The lowest BCUT2D eigenvalue weighted by Gasteiger charge is -2.30. The number of piperidine rings is 1. The third kappa shape index (κ3) is 3.85. The van der Waals surface area contributed by atoms with Crippen LogP contribution in [0, 0.1) is 6.92 Å². The average molecular weight is 401 g/mol. The van der Waals surface area contributed by atoms with Crippen molar-refractivity contribution in [1.82, 2.24) is 23.9 Å². The van der Waals surface area contributed by atoms with Gasteiger partial charge in [0.15, 0.2) is 5.65 Å². The van der Waals surface area contributed by atoms with E-state index in [-0.39, 0.29) is 5.92 Å². The largest absolute Gasteiger partial charge is 0.366 e. The lowest BCUT2D eigenvalue weighted by Crippen LogP contribution is -2.37. The normalized spacial score (nSPS) is 16.5. The minimum absolute atomic E-state index is 0.233. The van der Waals surface area contributed by atoms with Crippen LogP contribution in [0.5, 0.6) is 0 Å². The highest BCUT2D eigenvalue weighted by atomic mass is 32.2. The van der Waals surface area contributed by atoms with Gasteiger partial charge < -0.3 is 5.32 Å². The van der Waals surface area contributed by atoms with Crippen molar-refractivity contribution >= 4 is 21.5 Å². The molecule has 1 N–H and O–H groups in total. The number of aryl methyl sites for hydroxylation is 1. The van der Waals surface area contributed by atoms with Crippen molar-refractivity contribution in [2.75, 3.05) is 24.7 Å². The smallest absolute Gasteiger partial charge is 0.211 e. The Morgan fingerprint density at radius 3 is 2.71 bits per heavy atom. The van der Waals surface area contributed by atoms with Crippen molar-refractivity contribution in [1.29, 1.82) is 0 Å². The fraction of sp³-hybridized carbons (Fsp3) is 0.421. The summed E-state index contributed by atoms with van der Waals surface area (Å²) in [6.45, 7) is 3.70. The zero-order valence-electron chi connectivity index (χ0n) is 16.0. The highest BCUT2D eigenvalue weighted by Gasteiger charge is 2.27. The molecule has 3 aromatic rings. The number of nitrogens with one attached hydrogen (secondary N) is 1. The molecule has 1 saturated heterocycles. The van der Waals surface area contributed by atoms with Crippen LogP contribution >= 0.6 is 0 Å². The van der Waals surface area contributed by atoms with E-state index in [1.54, 1.807) is 10.5 Å². The number of pyridine rings is 1. The summed E-state index contributed by atoms with van der Waals surface area (Å²) in [6.07, 6.45) is 8.21. The molecule has 4 rings (SSSR count). The van der Waals surface area contributed by atoms with Crippen molar-refractivity contribution < 1.29 is 8.42 Å². The van der Waals surface area contributed by atoms with Gasteiger partial charge in [0.1, 0.15) is 5.82 Å². The van der Waals surface area contributed by atoms with Gasteiger partial charge in [-0.15, -0.1) is 0 Å². The third-order valence-electron chi connectivity index (χ3n) is 5.21. The number of rotatable bonds is 5. The van der Waals surface area contributed by atoms with E-state index >= 15 is 0 Å². The van der Waals surface area contributed by atoms with Gasteiger partial charge in [-0.3, -0.25) is 4.98 Å². The Balaban J connectivity index is 1.60. The number of sulfonamides is 1. The summed E-state index contributed by atoms with van der Waals surface area (Å²) in [4.78, 5) is 8.99. The van der Waals surface area contributed by atoms with Gasteiger partial charge in [0.2, 0.25) is 10.0 Å². The maximum atomic E-state index is 11.8. The zero-order chi connectivity index (χ0) is 19.7. The predicted octanol–water partition coefficient (Wildman–Crippen LogP) is 2.18. The third-order valence-corrected chi connectivity index (χ3v) is 6.51. The summed E-state index contributed by atoms with van der Waals surface area (Å²) in [5, 5.41) is 7.89. The van der Waals surface area contributed by atoms with Crippen LogP contribution in [0.4, 0.5) is 5.82 Å². The van der Waals surface area contributed by atoms with Crippen LogP contribution in [0.15, 0.2) is 36.8 Å². The highest BCUT2D eigenvalue weighted by Crippen LogP contribution is 2.30. The topological polar surface area (TPSA) is 92.5 Å². The van der Waals surface area contributed by atoms with Gasteiger partial charge in [-0.25, -0.2) is 17.7 Å². The molecule has 3 aromatic heterocycles. The first-order valence-corrected chi connectivity index (χ1v) is 11.2. The zero-order valence-corrected chi connectivity index (χ0v) is 16.9. The minimum atomic E-state index is -3.13. The van der Waals surface area contributed by atoms with E-state index in [4.69, 9.17) is 4.98 Å². The molecule has 1 aliphatic rings. The molecule has 1 aliphatic heterocycles. The quantitative estimate of drug-likeness (QED) is 0.706. The summed E-state index contributed by atoms with van der Waals surface area (Å²) >= 11 is 0. The Morgan fingerprint density at radius 2 is 2.04 bits per heavy atom. The van der Waals surface area contributed by atoms with E-state index < -0.39 is 10.0 Å². The molecular weight excluding hydrogens is 376 g/mol. The molecule has 0 aliphatic carbocycles. The van der Waals surface area contributed by atoms with Gasteiger partial charge in [0, 0.05) is 55.3 Å². The SMILES string of the molecule is Cc1cnn2c(NCc3cccnc3)cc(C3CCN(S(C)(=O)=O)CC3)nc12. The second-order valence-corrected chi connectivity index (χ2v) is 9.26. The van der Waals surface area contributed by atoms with Gasteiger partial charge in [-0.2, -0.15) is 9.61 Å². The first-order valence-electron chi connectivity index (χ1n) is 9.35. The number of hydrogen-bond donors (Lipinski definition) is 1. The van der Waals surface area contributed by atoms with Crippen LogP contribution < -0.4 is 5.32 Å². The van der Waals surface area contributed by atoms with Crippen molar-refractivity contribution in [2.24, 2.45) is 0 Å². The molecule has 28 heavy (non-hydrogen) atoms. The number of nitrogens with zero attached hydrogens (tertiary/aromatic N) is 5. The van der Waals surface area contributed by atoms with Crippen molar-refractivity contribution in [3.8, 4) is 0 Å². The Bertz CT molecular complexity index is 1070. The van der Waals surface area contributed by atoms with Crippen LogP contribution in [-0.4, -0.2) is 51.7 Å². The maximum Gasteiger partial charge on any atom is 0.211 e. The molecule has 0 spiro atoms. The Kier molecular flexibility index (Phi) is 5.03. The van der Waals surface area contributed by atoms with Gasteiger partial charge in [-0.05, 0) is 31.4 Å². The standard InChI is InChI=1S/C19H24N6O2S/c1-14-11-22-25-18(21-13-15-4-3-7-20-12-15)10-17(23-19(14)25)16-5-8-24(9-6-16)28(2,26)27/h3-4,7,10-12,16,21H,5-6,8-9,13H2,1-2H3. The molecule has 0 amide bonds. The predicted molar refractivity (Wildman–Crippen MR) is 108 cm³/mol. The van der Waals surface area contributed by atoms with Crippen LogP contribution in [0.1, 0.15) is 35.6 Å². The number of aromatic nitrogens is 4. The van der Waals surface area contributed by atoms with Crippen LogP contribution in [0.2, 0.25) is 0 Å². The lowest BCUT2D eigenvalue weighted by atomic mass is 9.94. The van der Waals surface area contributed by atoms with E-state index in [9.17, 15) is 8.42 Å². The van der Waals surface area contributed by atoms with Gasteiger partial charge in [0.25, 0.3) is 0 Å². The van der Waals surface area contributed by atoms with Gasteiger partial charge in [-0.1, -0.05) is 6.07 Å². The fourth-order valence-electron chi connectivity index (χ4n) is 3.60. The average Bonchev–Trinajstić information content (AvgIpc) is 3.07. The molecule has 0 radical (unpaired) electrons. The summed E-state index contributed by atoms with van der Waals surface area (Å²) < 4.78 is 26.9. The molecule has 0 aromatic carbocycles. The van der Waals surface area contributed by atoms with E-state index in [1.807, 2.05) is 42.0 Å². The molecule has 0 bridgehead atoms. The molecule has 1 fully saturated rings. The summed E-state index contributed by atoms with van der Waals surface area (Å²) in [5.41, 5.74) is 3.91. The van der Waals surface area contributed by atoms with Crippen LogP contribution in [0.25, 0.3) is 5.65 Å². The highest BCUT2D eigenvalue weighted by molar-refractivity contribution is 7.88. The molecule has 0 saturated carbocycles. The molecule has 8 nitrogen and oxygen atoms in total. The second kappa shape index (κ2) is 7.48. The Hall–Kier alpha value is -2.52. The van der Waals surface area contributed by atoms with Crippen molar-refractivity contribution in [3.63, 3.8) is 0 Å². The molecule has 0 atom stereocenters. The number of hydrogen-bond acceptors (Lipinski definition) is 6. The molecular formula is C19H24N6O2S. The monoisotopic (exact) mass is 400 g/mol. The first kappa shape index (κ1) is 18.8.